The molecule has 1 unspecified atom stereocenters. The van der Waals surface area contributed by atoms with E-state index in [0.717, 1.165) is 24.2 Å². The van der Waals surface area contributed by atoms with Gasteiger partial charge in [-0.15, -0.1) is 0 Å². The molecule has 0 saturated heterocycles. The Balaban J connectivity index is 2.29. The fourth-order valence-corrected chi connectivity index (χ4v) is 2.21. The summed E-state index contributed by atoms with van der Waals surface area (Å²) in [7, 11) is 0. The number of ether oxygens (including phenoxy) is 1. The predicted octanol–water partition coefficient (Wildman–Crippen LogP) is 4.72. The van der Waals surface area contributed by atoms with E-state index < -0.39 is 0 Å². The van der Waals surface area contributed by atoms with Crippen molar-refractivity contribution in [3.8, 4) is 11.5 Å². The zero-order valence-electron chi connectivity index (χ0n) is 11.9. The Morgan fingerprint density at radius 3 is 2.60 bits per heavy atom. The number of nitrogens with two attached hydrogens (primary N) is 1. The van der Waals surface area contributed by atoms with Crippen molar-refractivity contribution in [2.75, 3.05) is 0 Å². The topological polar surface area (TPSA) is 35.2 Å². The third kappa shape index (κ3) is 3.75. The van der Waals surface area contributed by atoms with Gasteiger partial charge in [-0.2, -0.15) is 0 Å². The molecule has 1 atom stereocenters. The fraction of sp³-hybridized carbons (Fsp3) is 0.294. The summed E-state index contributed by atoms with van der Waals surface area (Å²) < 4.78 is 5.95. The van der Waals surface area contributed by atoms with Gasteiger partial charge in [0.25, 0.3) is 0 Å². The number of rotatable bonds is 5. The van der Waals surface area contributed by atoms with E-state index in [-0.39, 0.29) is 6.04 Å². The minimum atomic E-state index is 0.144. The monoisotopic (exact) mass is 289 g/mol. The second-order valence-corrected chi connectivity index (χ2v) is 5.42. The van der Waals surface area contributed by atoms with Gasteiger partial charge in [0, 0.05) is 6.04 Å². The highest BCUT2D eigenvalue weighted by Gasteiger charge is 2.10. The molecule has 2 N–H and O–H groups in total. The van der Waals surface area contributed by atoms with Crippen molar-refractivity contribution in [3.05, 3.63) is 58.6 Å². The first-order valence-corrected chi connectivity index (χ1v) is 7.25. The molecule has 2 nitrogen and oxygen atoms in total. The van der Waals surface area contributed by atoms with Crippen LogP contribution < -0.4 is 10.5 Å². The molecule has 0 amide bonds. The van der Waals surface area contributed by atoms with Crippen molar-refractivity contribution >= 4 is 11.6 Å². The molecule has 0 heterocycles. The van der Waals surface area contributed by atoms with Crippen molar-refractivity contribution in [1.82, 2.24) is 0 Å². The molecule has 0 saturated carbocycles. The maximum atomic E-state index is 6.14. The van der Waals surface area contributed by atoms with Crippen molar-refractivity contribution in [3.63, 3.8) is 0 Å². The highest BCUT2D eigenvalue weighted by Crippen LogP contribution is 2.32. The average Bonchev–Trinajstić information content (AvgIpc) is 2.44. The van der Waals surface area contributed by atoms with Crippen LogP contribution >= 0.6 is 11.6 Å². The lowest BCUT2D eigenvalue weighted by Gasteiger charge is -2.15. The summed E-state index contributed by atoms with van der Waals surface area (Å²) in [6.07, 6.45) is 1.75. The molecule has 2 aromatic rings. The van der Waals surface area contributed by atoms with Crippen LogP contribution in [0, 0.1) is 6.92 Å². The van der Waals surface area contributed by atoms with Gasteiger partial charge in [-0.1, -0.05) is 48.4 Å². The van der Waals surface area contributed by atoms with E-state index in [1.54, 1.807) is 0 Å². The van der Waals surface area contributed by atoms with Crippen molar-refractivity contribution in [2.24, 2.45) is 5.73 Å². The molecule has 20 heavy (non-hydrogen) atoms. The zero-order valence-corrected chi connectivity index (χ0v) is 12.7. The lowest BCUT2D eigenvalue weighted by molar-refractivity contribution is 0.472. The minimum Gasteiger partial charge on any atom is -0.456 e. The number of benzene rings is 2. The van der Waals surface area contributed by atoms with Gasteiger partial charge >= 0.3 is 0 Å². The largest absolute Gasteiger partial charge is 0.456 e. The Kier molecular flexibility index (Phi) is 5.05. The molecule has 2 rings (SSSR count). The third-order valence-corrected chi connectivity index (χ3v) is 3.59. The van der Waals surface area contributed by atoms with Crippen LogP contribution in [0.4, 0.5) is 0 Å². The van der Waals surface area contributed by atoms with Crippen molar-refractivity contribution in [2.45, 2.75) is 32.7 Å². The van der Waals surface area contributed by atoms with Gasteiger partial charge in [-0.3, -0.25) is 0 Å². The molecule has 0 spiro atoms. The molecule has 0 fully saturated rings. The molecule has 0 aliphatic heterocycles. The average molecular weight is 290 g/mol. The number of halogens is 1. The van der Waals surface area contributed by atoms with Gasteiger partial charge in [0.2, 0.25) is 0 Å². The smallest absolute Gasteiger partial charge is 0.146 e. The Morgan fingerprint density at radius 1 is 1.15 bits per heavy atom. The SMILES string of the molecule is CCC(N)Cc1cc(C)ccc1Oc1ccccc1Cl. The maximum absolute atomic E-state index is 6.14. The summed E-state index contributed by atoms with van der Waals surface area (Å²) in [5, 5.41) is 0.610. The number of aryl methyl sites for hydroxylation is 1. The summed E-state index contributed by atoms with van der Waals surface area (Å²) in [4.78, 5) is 0. The normalized spacial score (nSPS) is 12.2. The molecular formula is C17H20ClNO. The Hall–Kier alpha value is -1.51. The van der Waals surface area contributed by atoms with Gasteiger partial charge in [0.1, 0.15) is 11.5 Å². The standard InChI is InChI=1S/C17H20ClNO/c1-3-14(19)11-13-10-12(2)8-9-16(13)20-17-7-5-4-6-15(17)18/h4-10,14H,3,11,19H2,1-2H3. The van der Waals surface area contributed by atoms with Crippen LogP contribution in [0.1, 0.15) is 24.5 Å². The van der Waals surface area contributed by atoms with Crippen molar-refractivity contribution in [1.29, 1.82) is 0 Å². The zero-order chi connectivity index (χ0) is 14.5. The highest BCUT2D eigenvalue weighted by molar-refractivity contribution is 6.32. The van der Waals surface area contributed by atoms with Crippen LogP contribution in [0.5, 0.6) is 11.5 Å². The Morgan fingerprint density at radius 2 is 1.90 bits per heavy atom. The molecular weight excluding hydrogens is 270 g/mol. The van der Waals surface area contributed by atoms with E-state index in [9.17, 15) is 0 Å². The van der Waals surface area contributed by atoms with E-state index in [2.05, 4.69) is 19.9 Å². The number of para-hydroxylation sites is 1. The predicted molar refractivity (Wildman–Crippen MR) is 84.7 cm³/mol. The minimum absolute atomic E-state index is 0.144. The van der Waals surface area contributed by atoms with E-state index in [4.69, 9.17) is 22.1 Å². The van der Waals surface area contributed by atoms with Gasteiger partial charge < -0.3 is 10.5 Å². The first kappa shape index (κ1) is 14.9. The molecule has 0 aliphatic carbocycles. The second kappa shape index (κ2) is 6.78. The Labute approximate surface area is 125 Å². The molecule has 3 heteroatoms. The van der Waals surface area contributed by atoms with Crippen LogP contribution in [0.15, 0.2) is 42.5 Å². The van der Waals surface area contributed by atoms with Gasteiger partial charge in [-0.05, 0) is 43.5 Å². The second-order valence-electron chi connectivity index (χ2n) is 5.02. The number of hydrogen-bond acceptors (Lipinski definition) is 2. The molecule has 2 aromatic carbocycles. The van der Waals surface area contributed by atoms with E-state index in [1.807, 2.05) is 36.4 Å². The molecule has 0 aliphatic rings. The van der Waals surface area contributed by atoms with Crippen LogP contribution in [0.2, 0.25) is 5.02 Å². The van der Waals surface area contributed by atoms with E-state index >= 15 is 0 Å². The quantitative estimate of drug-likeness (QED) is 0.864. The maximum Gasteiger partial charge on any atom is 0.146 e. The summed E-state index contributed by atoms with van der Waals surface area (Å²) in [6, 6.07) is 13.8. The van der Waals surface area contributed by atoms with Crippen LogP contribution in [-0.2, 0) is 6.42 Å². The van der Waals surface area contributed by atoms with E-state index in [0.29, 0.717) is 10.8 Å². The number of hydrogen-bond donors (Lipinski definition) is 1. The third-order valence-electron chi connectivity index (χ3n) is 3.28. The lowest BCUT2D eigenvalue weighted by atomic mass is 10.0. The molecule has 0 radical (unpaired) electrons. The van der Waals surface area contributed by atoms with Crippen molar-refractivity contribution < 1.29 is 4.74 Å². The van der Waals surface area contributed by atoms with Crippen LogP contribution in [0.3, 0.4) is 0 Å². The highest BCUT2D eigenvalue weighted by atomic mass is 35.5. The van der Waals surface area contributed by atoms with Gasteiger partial charge in [-0.25, -0.2) is 0 Å². The van der Waals surface area contributed by atoms with E-state index in [1.165, 1.54) is 5.56 Å². The first-order chi connectivity index (χ1) is 9.60. The Bertz CT molecular complexity index is 583. The fourth-order valence-electron chi connectivity index (χ4n) is 2.04. The lowest BCUT2D eigenvalue weighted by Crippen LogP contribution is -2.21. The molecule has 0 bridgehead atoms. The summed E-state index contributed by atoms with van der Waals surface area (Å²) >= 11 is 6.14. The summed E-state index contributed by atoms with van der Waals surface area (Å²) in [5.41, 5.74) is 8.39. The van der Waals surface area contributed by atoms with Gasteiger partial charge in [0.15, 0.2) is 0 Å². The summed E-state index contributed by atoms with van der Waals surface area (Å²) in [5.74, 6) is 1.50. The van der Waals surface area contributed by atoms with Crippen LogP contribution in [0.25, 0.3) is 0 Å². The molecule has 106 valence electrons. The van der Waals surface area contributed by atoms with Crippen LogP contribution in [-0.4, -0.2) is 6.04 Å². The molecule has 0 aromatic heterocycles. The summed E-state index contributed by atoms with van der Waals surface area (Å²) in [6.45, 7) is 4.16. The van der Waals surface area contributed by atoms with Gasteiger partial charge in [0.05, 0.1) is 5.02 Å². The first-order valence-electron chi connectivity index (χ1n) is 6.87.